The van der Waals surface area contributed by atoms with Crippen LogP contribution in [0.4, 0.5) is 0 Å². The van der Waals surface area contributed by atoms with Crippen LogP contribution in [0.5, 0.6) is 0 Å². The average molecular weight is 244 g/mol. The Morgan fingerprint density at radius 2 is 2.06 bits per heavy atom. The molecule has 18 heavy (non-hydrogen) atoms. The standard InChI is InChI=1S/C15H20N2O/c1-15(2,3)14(18)17-8-6-11-4-5-13-12(10-11)7-9-16-13/h4-5,7,9-10,16H,6,8H2,1-3H3,(H,17,18). The van der Waals surface area contributed by atoms with Gasteiger partial charge in [0.1, 0.15) is 0 Å². The summed E-state index contributed by atoms with van der Waals surface area (Å²) >= 11 is 0. The number of benzene rings is 1. The van der Waals surface area contributed by atoms with Gasteiger partial charge in [0.25, 0.3) is 0 Å². The van der Waals surface area contributed by atoms with Crippen LogP contribution in [0.2, 0.25) is 0 Å². The Morgan fingerprint density at radius 3 is 2.78 bits per heavy atom. The zero-order chi connectivity index (χ0) is 13.2. The van der Waals surface area contributed by atoms with E-state index in [1.165, 1.54) is 10.9 Å². The number of fused-ring (bicyclic) bond motifs is 1. The summed E-state index contributed by atoms with van der Waals surface area (Å²) in [7, 11) is 0. The Kier molecular flexibility index (Phi) is 3.41. The first-order valence-corrected chi connectivity index (χ1v) is 6.31. The molecular weight excluding hydrogens is 224 g/mol. The summed E-state index contributed by atoms with van der Waals surface area (Å²) in [6.45, 7) is 6.46. The summed E-state index contributed by atoms with van der Waals surface area (Å²) in [5.41, 5.74) is 2.08. The summed E-state index contributed by atoms with van der Waals surface area (Å²) in [5, 5.41) is 4.18. The molecule has 96 valence electrons. The lowest BCUT2D eigenvalue weighted by atomic mass is 9.95. The molecule has 0 spiro atoms. The smallest absolute Gasteiger partial charge is 0.225 e. The van der Waals surface area contributed by atoms with Crippen LogP contribution < -0.4 is 5.32 Å². The number of aromatic amines is 1. The van der Waals surface area contributed by atoms with Crippen LogP contribution in [0.25, 0.3) is 10.9 Å². The second-order valence-corrected chi connectivity index (χ2v) is 5.66. The molecule has 2 aromatic rings. The van der Waals surface area contributed by atoms with Crippen molar-refractivity contribution in [1.82, 2.24) is 10.3 Å². The molecule has 0 unspecified atom stereocenters. The predicted molar refractivity (Wildman–Crippen MR) is 74.5 cm³/mol. The fourth-order valence-corrected chi connectivity index (χ4v) is 1.84. The quantitative estimate of drug-likeness (QED) is 0.856. The Hall–Kier alpha value is -1.77. The first-order chi connectivity index (χ1) is 8.47. The minimum Gasteiger partial charge on any atom is -0.361 e. The molecule has 3 heteroatoms. The molecule has 0 aliphatic carbocycles. The largest absolute Gasteiger partial charge is 0.361 e. The van der Waals surface area contributed by atoms with Gasteiger partial charge in [-0.2, -0.15) is 0 Å². The van der Waals surface area contributed by atoms with Crippen molar-refractivity contribution in [2.75, 3.05) is 6.54 Å². The van der Waals surface area contributed by atoms with Gasteiger partial charge >= 0.3 is 0 Å². The lowest BCUT2D eigenvalue weighted by Crippen LogP contribution is -2.35. The monoisotopic (exact) mass is 244 g/mol. The molecule has 3 nitrogen and oxygen atoms in total. The first kappa shape index (κ1) is 12.7. The SMILES string of the molecule is CC(C)(C)C(=O)NCCc1ccc2[nH]ccc2c1. The highest BCUT2D eigenvalue weighted by Crippen LogP contribution is 2.15. The van der Waals surface area contributed by atoms with Gasteiger partial charge in [-0.15, -0.1) is 0 Å². The number of rotatable bonds is 3. The molecule has 0 aliphatic heterocycles. The third-order valence-electron chi connectivity index (χ3n) is 3.00. The maximum absolute atomic E-state index is 11.7. The molecule has 1 heterocycles. The van der Waals surface area contributed by atoms with Crippen LogP contribution in [-0.2, 0) is 11.2 Å². The summed E-state index contributed by atoms with van der Waals surface area (Å²) in [5.74, 6) is 0.102. The van der Waals surface area contributed by atoms with Crippen LogP contribution in [0, 0.1) is 5.41 Å². The minimum atomic E-state index is -0.315. The van der Waals surface area contributed by atoms with Gasteiger partial charge < -0.3 is 10.3 Å². The van der Waals surface area contributed by atoms with E-state index in [-0.39, 0.29) is 11.3 Å². The van der Waals surface area contributed by atoms with E-state index < -0.39 is 0 Å². The number of amides is 1. The number of nitrogens with one attached hydrogen (secondary N) is 2. The van der Waals surface area contributed by atoms with Crippen LogP contribution in [0.3, 0.4) is 0 Å². The second kappa shape index (κ2) is 4.84. The number of hydrogen-bond acceptors (Lipinski definition) is 1. The van der Waals surface area contributed by atoms with E-state index in [0.717, 1.165) is 11.9 Å². The van der Waals surface area contributed by atoms with Gasteiger partial charge in [-0.05, 0) is 35.6 Å². The van der Waals surface area contributed by atoms with E-state index in [1.807, 2.05) is 27.0 Å². The zero-order valence-corrected chi connectivity index (χ0v) is 11.2. The van der Waals surface area contributed by atoms with Crippen LogP contribution >= 0.6 is 0 Å². The van der Waals surface area contributed by atoms with Gasteiger partial charge in [0.2, 0.25) is 5.91 Å². The van der Waals surface area contributed by atoms with Gasteiger partial charge in [0.15, 0.2) is 0 Å². The topological polar surface area (TPSA) is 44.9 Å². The molecule has 0 fully saturated rings. The van der Waals surface area contributed by atoms with E-state index in [4.69, 9.17) is 0 Å². The highest BCUT2D eigenvalue weighted by atomic mass is 16.2. The summed E-state index contributed by atoms with van der Waals surface area (Å²) in [4.78, 5) is 14.9. The average Bonchev–Trinajstić information content (AvgIpc) is 2.74. The molecule has 0 aliphatic rings. The molecule has 1 aromatic carbocycles. The van der Waals surface area contributed by atoms with E-state index in [0.29, 0.717) is 6.54 Å². The van der Waals surface area contributed by atoms with Gasteiger partial charge in [0, 0.05) is 23.7 Å². The number of carbonyl (C=O) groups is 1. The Morgan fingerprint density at radius 1 is 1.28 bits per heavy atom. The van der Waals surface area contributed by atoms with Gasteiger partial charge in [0.05, 0.1) is 0 Å². The molecular formula is C15H20N2O. The van der Waals surface area contributed by atoms with E-state index in [9.17, 15) is 4.79 Å². The Bertz CT molecular complexity index is 549. The minimum absolute atomic E-state index is 0.102. The molecule has 0 saturated heterocycles. The maximum atomic E-state index is 11.7. The number of H-pyrrole nitrogens is 1. The molecule has 0 bridgehead atoms. The third-order valence-corrected chi connectivity index (χ3v) is 3.00. The molecule has 0 saturated carbocycles. The van der Waals surface area contributed by atoms with Gasteiger partial charge in [-0.3, -0.25) is 4.79 Å². The van der Waals surface area contributed by atoms with Crippen molar-refractivity contribution in [3.63, 3.8) is 0 Å². The fraction of sp³-hybridized carbons (Fsp3) is 0.400. The van der Waals surface area contributed by atoms with Crippen molar-refractivity contribution >= 4 is 16.8 Å². The highest BCUT2D eigenvalue weighted by Gasteiger charge is 2.20. The van der Waals surface area contributed by atoms with E-state index in [1.54, 1.807) is 0 Å². The van der Waals surface area contributed by atoms with Crippen molar-refractivity contribution in [3.05, 3.63) is 36.0 Å². The van der Waals surface area contributed by atoms with E-state index >= 15 is 0 Å². The molecule has 1 amide bonds. The van der Waals surface area contributed by atoms with E-state index in [2.05, 4.69) is 34.6 Å². The molecule has 1 aromatic heterocycles. The van der Waals surface area contributed by atoms with Crippen LogP contribution in [-0.4, -0.2) is 17.4 Å². The third kappa shape index (κ3) is 2.92. The number of carbonyl (C=O) groups excluding carboxylic acids is 1. The van der Waals surface area contributed by atoms with Crippen molar-refractivity contribution in [2.24, 2.45) is 5.41 Å². The summed E-state index contributed by atoms with van der Waals surface area (Å²) < 4.78 is 0. The van der Waals surface area contributed by atoms with Crippen LogP contribution in [0.15, 0.2) is 30.5 Å². The van der Waals surface area contributed by atoms with Crippen molar-refractivity contribution in [3.8, 4) is 0 Å². The number of hydrogen-bond donors (Lipinski definition) is 2. The highest BCUT2D eigenvalue weighted by molar-refractivity contribution is 5.81. The molecule has 2 rings (SSSR count). The van der Waals surface area contributed by atoms with Crippen molar-refractivity contribution < 1.29 is 4.79 Å². The summed E-state index contributed by atoms with van der Waals surface area (Å²) in [6.07, 6.45) is 2.80. The first-order valence-electron chi connectivity index (χ1n) is 6.31. The Balaban J connectivity index is 1.92. The second-order valence-electron chi connectivity index (χ2n) is 5.66. The lowest BCUT2D eigenvalue weighted by Gasteiger charge is -2.17. The summed E-state index contributed by atoms with van der Waals surface area (Å²) in [6, 6.07) is 8.40. The Labute approximate surface area is 108 Å². The van der Waals surface area contributed by atoms with Gasteiger partial charge in [-0.25, -0.2) is 0 Å². The normalized spacial score (nSPS) is 11.7. The predicted octanol–water partition coefficient (Wildman–Crippen LogP) is 2.87. The van der Waals surface area contributed by atoms with Crippen molar-refractivity contribution in [1.29, 1.82) is 0 Å². The lowest BCUT2D eigenvalue weighted by molar-refractivity contribution is -0.128. The number of aromatic nitrogens is 1. The maximum Gasteiger partial charge on any atom is 0.225 e. The molecule has 2 N–H and O–H groups in total. The molecule has 0 radical (unpaired) electrons. The fourth-order valence-electron chi connectivity index (χ4n) is 1.84. The molecule has 0 atom stereocenters. The zero-order valence-electron chi connectivity index (χ0n) is 11.2. The van der Waals surface area contributed by atoms with Crippen LogP contribution in [0.1, 0.15) is 26.3 Å². The van der Waals surface area contributed by atoms with Crippen molar-refractivity contribution in [2.45, 2.75) is 27.2 Å². The van der Waals surface area contributed by atoms with Gasteiger partial charge in [-0.1, -0.05) is 26.8 Å².